The highest BCUT2D eigenvalue weighted by Crippen LogP contribution is 2.31. The zero-order valence-corrected chi connectivity index (χ0v) is 15.6. The second-order valence-electron chi connectivity index (χ2n) is 7.16. The third-order valence-corrected chi connectivity index (χ3v) is 5.37. The fourth-order valence-electron chi connectivity index (χ4n) is 3.95. The van der Waals surface area contributed by atoms with E-state index in [1.54, 1.807) is 6.20 Å². The number of pyridine rings is 1. The molecule has 140 valence electrons. The molecule has 4 rings (SSSR count). The van der Waals surface area contributed by atoms with Crippen LogP contribution in [0.2, 0.25) is 0 Å². The molecule has 1 aliphatic heterocycles. The summed E-state index contributed by atoms with van der Waals surface area (Å²) in [5, 5.41) is 1.05. The maximum Gasteiger partial charge on any atom is 0.242 e. The Morgan fingerprint density at radius 2 is 2.19 bits per heavy atom. The Morgan fingerprint density at radius 1 is 1.33 bits per heavy atom. The normalized spacial score (nSPS) is 17.4. The maximum atomic E-state index is 12.8. The van der Waals surface area contributed by atoms with Gasteiger partial charge in [0.15, 0.2) is 0 Å². The molecule has 1 atom stereocenters. The largest absolute Gasteiger partial charge is 0.397 e. The Hall–Kier alpha value is -2.89. The molecule has 0 aliphatic carbocycles. The number of amides is 1. The molecule has 27 heavy (non-hydrogen) atoms. The van der Waals surface area contributed by atoms with Gasteiger partial charge in [-0.25, -0.2) is 4.98 Å². The molecule has 1 amide bonds. The summed E-state index contributed by atoms with van der Waals surface area (Å²) >= 11 is 0. The van der Waals surface area contributed by atoms with Crippen LogP contribution in [0.3, 0.4) is 0 Å². The number of benzene rings is 1. The first kappa shape index (κ1) is 17.5. The van der Waals surface area contributed by atoms with Gasteiger partial charge in [-0.05, 0) is 25.0 Å². The highest BCUT2D eigenvalue weighted by Gasteiger charge is 2.27. The molecule has 3 aromatic rings. The van der Waals surface area contributed by atoms with E-state index in [0.717, 1.165) is 53.9 Å². The quantitative estimate of drug-likeness (QED) is 0.773. The lowest BCUT2D eigenvalue weighted by Crippen LogP contribution is -2.41. The molecule has 1 aliphatic rings. The van der Waals surface area contributed by atoms with Crippen LogP contribution in [0.1, 0.15) is 37.2 Å². The van der Waals surface area contributed by atoms with E-state index in [9.17, 15) is 4.79 Å². The van der Waals surface area contributed by atoms with Crippen molar-refractivity contribution in [3.8, 4) is 0 Å². The number of imidazole rings is 1. The summed E-state index contributed by atoms with van der Waals surface area (Å²) in [6.45, 7) is 3.86. The number of nitrogens with two attached hydrogens (primary N) is 1. The third-order valence-electron chi connectivity index (χ3n) is 5.37. The number of carbonyl (C=O) groups is 1. The van der Waals surface area contributed by atoms with E-state index >= 15 is 0 Å². The van der Waals surface area contributed by atoms with Gasteiger partial charge in [0.25, 0.3) is 0 Å². The van der Waals surface area contributed by atoms with Gasteiger partial charge in [-0.2, -0.15) is 0 Å². The summed E-state index contributed by atoms with van der Waals surface area (Å²) < 4.78 is 1.94. The van der Waals surface area contributed by atoms with Crippen molar-refractivity contribution >= 4 is 22.5 Å². The number of anilines is 1. The van der Waals surface area contributed by atoms with Crippen molar-refractivity contribution in [3.05, 3.63) is 54.2 Å². The number of piperidine rings is 1. The lowest BCUT2D eigenvalue weighted by atomic mass is 9.92. The molecule has 6 heteroatoms. The summed E-state index contributed by atoms with van der Waals surface area (Å²) in [6.07, 6.45) is 6.42. The van der Waals surface area contributed by atoms with Gasteiger partial charge in [-0.3, -0.25) is 9.78 Å². The fourth-order valence-corrected chi connectivity index (χ4v) is 3.95. The number of carbonyl (C=O) groups excluding carboxylic acids is 1. The Labute approximate surface area is 159 Å². The number of rotatable bonds is 4. The van der Waals surface area contributed by atoms with Gasteiger partial charge in [0.05, 0.1) is 16.9 Å². The summed E-state index contributed by atoms with van der Waals surface area (Å²) in [4.78, 5) is 23.9. The van der Waals surface area contributed by atoms with Crippen molar-refractivity contribution in [3.63, 3.8) is 0 Å². The van der Waals surface area contributed by atoms with E-state index < -0.39 is 0 Å². The molecule has 2 aromatic heterocycles. The van der Waals surface area contributed by atoms with Gasteiger partial charge in [0, 0.05) is 43.2 Å². The molecule has 0 radical (unpaired) electrons. The van der Waals surface area contributed by atoms with Gasteiger partial charge < -0.3 is 15.2 Å². The molecule has 3 heterocycles. The van der Waals surface area contributed by atoms with Crippen LogP contribution in [0.15, 0.2) is 42.7 Å². The average Bonchev–Trinajstić information content (AvgIpc) is 3.14. The van der Waals surface area contributed by atoms with E-state index in [1.807, 2.05) is 46.0 Å². The summed E-state index contributed by atoms with van der Waals surface area (Å²) in [7, 11) is 0. The molecular weight excluding hydrogens is 338 g/mol. The van der Waals surface area contributed by atoms with Crippen LogP contribution in [0.4, 0.5) is 5.69 Å². The van der Waals surface area contributed by atoms with Crippen molar-refractivity contribution in [2.24, 2.45) is 0 Å². The molecule has 2 N–H and O–H groups in total. The average molecular weight is 363 g/mol. The Balaban J connectivity index is 1.52. The van der Waals surface area contributed by atoms with Gasteiger partial charge in [-0.15, -0.1) is 0 Å². The number of nitrogen functional groups attached to an aromatic ring is 1. The second-order valence-corrected chi connectivity index (χ2v) is 7.16. The van der Waals surface area contributed by atoms with Crippen molar-refractivity contribution in [1.29, 1.82) is 0 Å². The minimum Gasteiger partial charge on any atom is -0.397 e. The van der Waals surface area contributed by atoms with Crippen LogP contribution in [0.5, 0.6) is 0 Å². The van der Waals surface area contributed by atoms with Crippen LogP contribution in [-0.2, 0) is 17.8 Å². The number of para-hydroxylation sites is 1. The second kappa shape index (κ2) is 7.39. The molecule has 1 saturated heterocycles. The SMILES string of the molecule is CCc1nccn1CC(=O)N1CCCC(c2nc3ccccc3cc2N)C1. The molecule has 0 spiro atoms. The number of hydrogen-bond acceptors (Lipinski definition) is 4. The van der Waals surface area contributed by atoms with E-state index in [4.69, 9.17) is 10.7 Å². The Kier molecular flexibility index (Phi) is 4.79. The van der Waals surface area contributed by atoms with Crippen LogP contribution in [0, 0.1) is 0 Å². The zero-order valence-electron chi connectivity index (χ0n) is 15.6. The van der Waals surface area contributed by atoms with E-state index in [0.29, 0.717) is 13.1 Å². The predicted octanol–water partition coefficient (Wildman–Crippen LogP) is 2.98. The first-order valence-electron chi connectivity index (χ1n) is 9.58. The van der Waals surface area contributed by atoms with E-state index in [1.165, 1.54) is 0 Å². The highest BCUT2D eigenvalue weighted by molar-refractivity contribution is 5.82. The monoisotopic (exact) mass is 363 g/mol. The van der Waals surface area contributed by atoms with Crippen LogP contribution < -0.4 is 5.73 Å². The third kappa shape index (κ3) is 3.52. The summed E-state index contributed by atoms with van der Waals surface area (Å²) in [6, 6.07) is 10.0. The van der Waals surface area contributed by atoms with Gasteiger partial charge >= 0.3 is 0 Å². The molecule has 1 unspecified atom stereocenters. The number of nitrogens with zero attached hydrogens (tertiary/aromatic N) is 4. The van der Waals surface area contributed by atoms with Crippen LogP contribution in [-0.4, -0.2) is 38.4 Å². The van der Waals surface area contributed by atoms with Crippen LogP contribution in [0.25, 0.3) is 10.9 Å². The molecule has 1 fully saturated rings. The van der Waals surface area contributed by atoms with Gasteiger partial charge in [0.1, 0.15) is 12.4 Å². The lowest BCUT2D eigenvalue weighted by molar-refractivity contribution is -0.133. The van der Waals surface area contributed by atoms with Crippen molar-refractivity contribution in [1.82, 2.24) is 19.4 Å². The number of likely N-dealkylation sites (tertiary alicyclic amines) is 1. The van der Waals surface area contributed by atoms with Gasteiger partial charge in [0.2, 0.25) is 5.91 Å². The molecule has 0 saturated carbocycles. The van der Waals surface area contributed by atoms with Crippen molar-refractivity contribution < 1.29 is 4.79 Å². The summed E-state index contributed by atoms with van der Waals surface area (Å²) in [5.41, 5.74) is 8.90. The highest BCUT2D eigenvalue weighted by atomic mass is 16.2. The number of aromatic nitrogens is 3. The Bertz CT molecular complexity index is 964. The lowest BCUT2D eigenvalue weighted by Gasteiger charge is -2.33. The zero-order chi connectivity index (χ0) is 18.8. The van der Waals surface area contributed by atoms with Crippen molar-refractivity contribution in [2.45, 2.75) is 38.6 Å². The summed E-state index contributed by atoms with van der Waals surface area (Å²) in [5.74, 6) is 1.25. The minimum atomic E-state index is 0.131. The number of fused-ring (bicyclic) bond motifs is 1. The fraction of sp³-hybridized carbons (Fsp3) is 0.381. The van der Waals surface area contributed by atoms with E-state index in [-0.39, 0.29) is 11.8 Å². The molecular formula is C21H25N5O. The number of aryl methyl sites for hydroxylation is 1. The van der Waals surface area contributed by atoms with E-state index in [2.05, 4.69) is 11.9 Å². The molecule has 6 nitrogen and oxygen atoms in total. The first-order valence-corrected chi connectivity index (χ1v) is 9.58. The Morgan fingerprint density at radius 3 is 3.04 bits per heavy atom. The predicted molar refractivity (Wildman–Crippen MR) is 106 cm³/mol. The first-order chi connectivity index (χ1) is 13.2. The molecule has 0 bridgehead atoms. The topological polar surface area (TPSA) is 77.0 Å². The smallest absolute Gasteiger partial charge is 0.242 e. The molecule has 1 aromatic carbocycles. The standard InChI is InChI=1S/C21H25N5O/c1-2-19-23-9-11-25(19)14-20(27)26-10-5-7-16(13-26)21-17(22)12-15-6-3-4-8-18(15)24-21/h3-4,6,8-9,11-12,16H,2,5,7,10,13-14,22H2,1H3. The van der Waals surface area contributed by atoms with Crippen molar-refractivity contribution in [2.75, 3.05) is 18.8 Å². The van der Waals surface area contributed by atoms with Gasteiger partial charge in [-0.1, -0.05) is 25.1 Å². The minimum absolute atomic E-state index is 0.131. The maximum absolute atomic E-state index is 12.8. The van der Waals surface area contributed by atoms with Crippen LogP contribution >= 0.6 is 0 Å². The number of hydrogen-bond donors (Lipinski definition) is 1.